The van der Waals surface area contributed by atoms with Crippen molar-refractivity contribution in [1.29, 1.82) is 0 Å². The Morgan fingerprint density at radius 1 is 1.18 bits per heavy atom. The van der Waals surface area contributed by atoms with Crippen LogP contribution in [0, 0.1) is 6.92 Å². The number of aliphatic imine (C=N–C) groups is 1. The van der Waals surface area contributed by atoms with Crippen LogP contribution in [0.5, 0.6) is 0 Å². The molecular weight excluding hydrogens is 354 g/mol. The fourth-order valence-electron chi connectivity index (χ4n) is 2.86. The van der Waals surface area contributed by atoms with E-state index in [0.717, 1.165) is 18.9 Å². The maximum absolute atomic E-state index is 11.7. The van der Waals surface area contributed by atoms with Gasteiger partial charge in [-0.3, -0.25) is 4.99 Å². The lowest BCUT2D eigenvalue weighted by Gasteiger charge is -2.19. The van der Waals surface area contributed by atoms with Crippen molar-refractivity contribution in [2.45, 2.75) is 46.6 Å². The van der Waals surface area contributed by atoms with Gasteiger partial charge >= 0.3 is 6.09 Å². The molecule has 0 aliphatic carbocycles. The van der Waals surface area contributed by atoms with Gasteiger partial charge in [0.25, 0.3) is 0 Å². The molecule has 0 aliphatic rings. The van der Waals surface area contributed by atoms with Crippen molar-refractivity contribution in [3.05, 3.63) is 35.5 Å². The smallest absolute Gasteiger partial charge is 0.407 e. The first-order chi connectivity index (χ1) is 13.3. The summed E-state index contributed by atoms with van der Waals surface area (Å²) in [6.07, 6.45) is 2.51. The summed E-state index contributed by atoms with van der Waals surface area (Å²) in [4.78, 5) is 19.6. The summed E-state index contributed by atoms with van der Waals surface area (Å²) in [6.45, 7) is 12.1. The molecule has 1 amide bonds. The molecule has 28 heavy (non-hydrogen) atoms. The number of guanidine groups is 1. The Morgan fingerprint density at radius 2 is 1.93 bits per heavy atom. The largest absolute Gasteiger partial charge is 0.444 e. The predicted molar refractivity (Wildman–Crippen MR) is 115 cm³/mol. The van der Waals surface area contributed by atoms with E-state index in [2.05, 4.69) is 57.2 Å². The van der Waals surface area contributed by atoms with Crippen LogP contribution in [0.25, 0.3) is 10.9 Å². The Morgan fingerprint density at radius 3 is 2.64 bits per heavy atom. The van der Waals surface area contributed by atoms with Crippen molar-refractivity contribution >= 4 is 23.0 Å². The maximum atomic E-state index is 11.7. The standard InChI is InChI=1S/C21H33N5O2/c1-6-22-19(24-12-13-25-20(27)28-21(3,4)5)23-11-10-16-14-26-18-15(2)8-7-9-17(16)18/h7-9,14,26H,6,10-13H2,1-5H3,(H,25,27)(H2,22,23,24). The highest BCUT2D eigenvalue weighted by molar-refractivity contribution is 5.86. The zero-order valence-electron chi connectivity index (χ0n) is 17.6. The molecule has 1 heterocycles. The maximum Gasteiger partial charge on any atom is 0.407 e. The van der Waals surface area contributed by atoms with Crippen molar-refractivity contribution in [3.8, 4) is 0 Å². The van der Waals surface area contributed by atoms with Crippen LogP contribution in [0.15, 0.2) is 29.4 Å². The zero-order valence-corrected chi connectivity index (χ0v) is 17.6. The Hall–Kier alpha value is -2.70. The lowest BCUT2D eigenvalue weighted by Crippen LogP contribution is -2.42. The monoisotopic (exact) mass is 387 g/mol. The van der Waals surface area contributed by atoms with E-state index in [4.69, 9.17) is 4.74 Å². The summed E-state index contributed by atoms with van der Waals surface area (Å²) in [5, 5.41) is 10.4. The summed E-state index contributed by atoms with van der Waals surface area (Å²) in [7, 11) is 0. The minimum Gasteiger partial charge on any atom is -0.444 e. The lowest BCUT2D eigenvalue weighted by molar-refractivity contribution is 0.0529. The number of hydrogen-bond acceptors (Lipinski definition) is 3. The topological polar surface area (TPSA) is 90.5 Å². The summed E-state index contributed by atoms with van der Waals surface area (Å²) in [5.74, 6) is 0.740. The van der Waals surface area contributed by atoms with Gasteiger partial charge < -0.3 is 25.7 Å². The van der Waals surface area contributed by atoms with Crippen molar-refractivity contribution in [2.75, 3.05) is 26.2 Å². The number of rotatable bonds is 7. The zero-order chi connectivity index (χ0) is 20.6. The molecule has 4 N–H and O–H groups in total. The van der Waals surface area contributed by atoms with Crippen molar-refractivity contribution in [3.63, 3.8) is 0 Å². The number of hydrogen-bond donors (Lipinski definition) is 4. The van der Waals surface area contributed by atoms with E-state index >= 15 is 0 Å². The van der Waals surface area contributed by atoms with Crippen LogP contribution in [0.3, 0.4) is 0 Å². The molecule has 154 valence electrons. The summed E-state index contributed by atoms with van der Waals surface area (Å²) in [6, 6.07) is 6.34. The average molecular weight is 388 g/mol. The highest BCUT2D eigenvalue weighted by Crippen LogP contribution is 2.21. The quantitative estimate of drug-likeness (QED) is 0.334. The number of para-hydroxylation sites is 1. The van der Waals surface area contributed by atoms with Gasteiger partial charge in [0.15, 0.2) is 5.96 Å². The fourth-order valence-corrected chi connectivity index (χ4v) is 2.86. The number of amides is 1. The number of nitrogens with zero attached hydrogens (tertiary/aromatic N) is 1. The Bertz CT molecular complexity index is 805. The minimum absolute atomic E-state index is 0.411. The van der Waals surface area contributed by atoms with Crippen molar-refractivity contribution in [1.82, 2.24) is 20.9 Å². The molecule has 0 aliphatic heterocycles. The van der Waals surface area contributed by atoms with Gasteiger partial charge in [-0.05, 0) is 52.2 Å². The van der Waals surface area contributed by atoms with Crippen LogP contribution in [-0.4, -0.2) is 48.8 Å². The third kappa shape index (κ3) is 6.79. The van der Waals surface area contributed by atoms with Crippen LogP contribution in [0.1, 0.15) is 38.8 Å². The van der Waals surface area contributed by atoms with Gasteiger partial charge in [0, 0.05) is 43.3 Å². The first kappa shape index (κ1) is 21.6. The van der Waals surface area contributed by atoms with Gasteiger partial charge in [0.1, 0.15) is 5.60 Å². The second-order valence-electron chi connectivity index (χ2n) is 7.68. The molecule has 2 aromatic rings. The van der Waals surface area contributed by atoms with Crippen LogP contribution >= 0.6 is 0 Å². The Balaban J connectivity index is 1.81. The van der Waals surface area contributed by atoms with E-state index in [0.29, 0.717) is 19.6 Å². The molecule has 0 bridgehead atoms. The molecular formula is C21H33N5O2. The first-order valence-corrected chi connectivity index (χ1v) is 9.84. The first-order valence-electron chi connectivity index (χ1n) is 9.84. The molecule has 0 radical (unpaired) electrons. The average Bonchev–Trinajstić information content (AvgIpc) is 3.02. The highest BCUT2D eigenvalue weighted by Gasteiger charge is 2.15. The lowest BCUT2D eigenvalue weighted by atomic mass is 10.1. The molecule has 0 fully saturated rings. The van der Waals surface area contributed by atoms with Gasteiger partial charge in [0.05, 0.1) is 0 Å². The number of carbonyl (C=O) groups excluding carboxylic acids is 1. The second kappa shape index (κ2) is 10.0. The second-order valence-corrected chi connectivity index (χ2v) is 7.68. The molecule has 1 aromatic carbocycles. The van der Waals surface area contributed by atoms with E-state index in [1.807, 2.05) is 27.7 Å². The summed E-state index contributed by atoms with van der Waals surface area (Å²) in [5.41, 5.74) is 3.22. The van der Waals surface area contributed by atoms with Crippen molar-refractivity contribution < 1.29 is 9.53 Å². The molecule has 0 unspecified atom stereocenters. The van der Waals surface area contributed by atoms with Gasteiger partial charge in [-0.25, -0.2) is 4.79 Å². The fraction of sp³-hybridized carbons (Fsp3) is 0.524. The number of alkyl carbamates (subject to hydrolysis) is 1. The van der Waals surface area contributed by atoms with E-state index in [9.17, 15) is 4.79 Å². The van der Waals surface area contributed by atoms with E-state index in [1.165, 1.54) is 22.0 Å². The third-order valence-electron chi connectivity index (χ3n) is 4.09. The number of H-pyrrole nitrogens is 1. The summed E-state index contributed by atoms with van der Waals surface area (Å²) >= 11 is 0. The van der Waals surface area contributed by atoms with E-state index in [1.54, 1.807) is 0 Å². The van der Waals surface area contributed by atoms with Crippen molar-refractivity contribution in [2.24, 2.45) is 4.99 Å². The van der Waals surface area contributed by atoms with Gasteiger partial charge in [-0.15, -0.1) is 0 Å². The van der Waals surface area contributed by atoms with Gasteiger partial charge in [-0.1, -0.05) is 18.2 Å². The molecule has 0 saturated carbocycles. The number of fused-ring (bicyclic) bond motifs is 1. The molecule has 2 rings (SSSR count). The predicted octanol–water partition coefficient (Wildman–Crippen LogP) is 3.10. The van der Waals surface area contributed by atoms with Gasteiger partial charge in [-0.2, -0.15) is 0 Å². The number of carbonyl (C=O) groups is 1. The Labute approximate surface area is 167 Å². The SMILES string of the molecule is CCNC(=NCCc1c[nH]c2c(C)cccc12)NCCNC(=O)OC(C)(C)C. The molecule has 0 atom stereocenters. The summed E-state index contributed by atoms with van der Waals surface area (Å²) < 4.78 is 5.22. The number of ether oxygens (including phenoxy) is 1. The van der Waals surface area contributed by atoms with E-state index in [-0.39, 0.29) is 0 Å². The molecule has 0 saturated heterocycles. The Kier molecular flexibility index (Phi) is 7.72. The van der Waals surface area contributed by atoms with Crippen LogP contribution in [-0.2, 0) is 11.2 Å². The molecule has 0 spiro atoms. The number of aromatic nitrogens is 1. The highest BCUT2D eigenvalue weighted by atomic mass is 16.6. The normalized spacial score (nSPS) is 12.1. The number of aryl methyl sites for hydroxylation is 1. The van der Waals surface area contributed by atoms with Gasteiger partial charge in [0.2, 0.25) is 0 Å². The number of benzene rings is 1. The minimum atomic E-state index is -0.491. The van der Waals surface area contributed by atoms with E-state index < -0.39 is 11.7 Å². The van der Waals surface area contributed by atoms with Crippen LogP contribution < -0.4 is 16.0 Å². The number of nitrogens with one attached hydrogen (secondary N) is 4. The third-order valence-corrected chi connectivity index (χ3v) is 4.09. The molecule has 7 heteroatoms. The van der Waals surface area contributed by atoms with Crippen LogP contribution in [0.2, 0.25) is 0 Å². The van der Waals surface area contributed by atoms with Crippen LogP contribution in [0.4, 0.5) is 4.79 Å². The molecule has 7 nitrogen and oxygen atoms in total. The number of aromatic amines is 1. The molecule has 1 aromatic heterocycles.